The predicted octanol–water partition coefficient (Wildman–Crippen LogP) is 5.47. The zero-order valence-electron chi connectivity index (χ0n) is 26.0. The number of rotatable bonds is 14. The van der Waals surface area contributed by atoms with Crippen LogP contribution in [-0.4, -0.2) is 92.4 Å². The minimum atomic E-state index is 0.344. The standard InChI is InChI=1S/C33H49N7O2/c1-5-38(6-2)17-11-16-34-33-36-28-23-31(42-4)30(41-3)22-27(28)32(37-33)35-26-14-20-39(21-15-26)24-25-12-7-8-13-29(25)40-18-9-10-19-40/h7-8,12-13,22-23,26H,5-6,9-11,14-21,24H2,1-4H3,(H2,34,35,36,37). The molecule has 2 fully saturated rings. The lowest BCUT2D eigenvalue weighted by atomic mass is 10.0. The normalized spacial score (nSPS) is 16.4. The predicted molar refractivity (Wildman–Crippen MR) is 173 cm³/mol. The second kappa shape index (κ2) is 14.7. The molecular formula is C33H49N7O2. The van der Waals surface area contributed by atoms with Crippen molar-refractivity contribution in [3.63, 3.8) is 0 Å². The zero-order chi connectivity index (χ0) is 29.3. The van der Waals surface area contributed by atoms with Gasteiger partial charge in [-0.2, -0.15) is 4.98 Å². The summed E-state index contributed by atoms with van der Waals surface area (Å²) in [7, 11) is 3.33. The van der Waals surface area contributed by atoms with E-state index in [0.717, 1.165) is 81.8 Å². The Balaban J connectivity index is 1.26. The number of anilines is 3. The first kappa shape index (κ1) is 30.2. The Morgan fingerprint density at radius 2 is 1.64 bits per heavy atom. The number of hydrogen-bond acceptors (Lipinski definition) is 9. The summed E-state index contributed by atoms with van der Waals surface area (Å²) < 4.78 is 11.2. The van der Waals surface area contributed by atoms with Crippen LogP contribution in [0.1, 0.15) is 51.5 Å². The van der Waals surface area contributed by atoms with E-state index in [4.69, 9.17) is 19.4 Å². The molecule has 2 aliphatic rings. The van der Waals surface area contributed by atoms with Gasteiger partial charge < -0.3 is 29.9 Å². The van der Waals surface area contributed by atoms with Crippen LogP contribution in [0.5, 0.6) is 11.5 Å². The largest absolute Gasteiger partial charge is 0.493 e. The average molecular weight is 576 g/mol. The maximum atomic E-state index is 5.62. The van der Waals surface area contributed by atoms with Crippen LogP contribution in [-0.2, 0) is 6.54 Å². The number of nitrogens with zero attached hydrogens (tertiary/aromatic N) is 5. The van der Waals surface area contributed by atoms with Gasteiger partial charge in [0.05, 0.1) is 19.7 Å². The number of fused-ring (bicyclic) bond motifs is 1. The van der Waals surface area contributed by atoms with E-state index < -0.39 is 0 Å². The van der Waals surface area contributed by atoms with E-state index in [2.05, 4.69) is 63.4 Å². The molecule has 0 atom stereocenters. The molecule has 5 rings (SSSR count). The molecular weight excluding hydrogens is 526 g/mol. The molecule has 3 heterocycles. The molecule has 0 unspecified atom stereocenters. The Bertz CT molecular complexity index is 1280. The maximum Gasteiger partial charge on any atom is 0.225 e. The van der Waals surface area contributed by atoms with Gasteiger partial charge in [0, 0.05) is 62.5 Å². The smallest absolute Gasteiger partial charge is 0.225 e. The van der Waals surface area contributed by atoms with Gasteiger partial charge >= 0.3 is 0 Å². The molecule has 0 spiro atoms. The van der Waals surface area contributed by atoms with Crippen LogP contribution in [0.4, 0.5) is 17.5 Å². The lowest BCUT2D eigenvalue weighted by Gasteiger charge is -2.34. The summed E-state index contributed by atoms with van der Waals surface area (Å²) in [4.78, 5) is 17.4. The third kappa shape index (κ3) is 7.36. The van der Waals surface area contributed by atoms with Crippen molar-refractivity contribution in [1.82, 2.24) is 19.8 Å². The highest BCUT2D eigenvalue weighted by Gasteiger charge is 2.23. The molecule has 2 saturated heterocycles. The van der Waals surface area contributed by atoms with Crippen LogP contribution in [0.15, 0.2) is 36.4 Å². The van der Waals surface area contributed by atoms with Gasteiger partial charge in [0.25, 0.3) is 0 Å². The molecule has 2 aromatic carbocycles. The van der Waals surface area contributed by atoms with Crippen LogP contribution in [0.3, 0.4) is 0 Å². The lowest BCUT2D eigenvalue weighted by molar-refractivity contribution is 0.211. The molecule has 0 saturated carbocycles. The lowest BCUT2D eigenvalue weighted by Crippen LogP contribution is -2.39. The second-order valence-electron chi connectivity index (χ2n) is 11.4. The average Bonchev–Trinajstić information content (AvgIpc) is 3.57. The second-order valence-corrected chi connectivity index (χ2v) is 11.4. The fourth-order valence-corrected chi connectivity index (χ4v) is 6.27. The third-order valence-electron chi connectivity index (χ3n) is 8.79. The topological polar surface area (TPSA) is 78.0 Å². The number of methoxy groups -OCH3 is 2. The number of nitrogens with one attached hydrogen (secondary N) is 2. The molecule has 2 aliphatic heterocycles. The van der Waals surface area contributed by atoms with E-state index in [0.29, 0.717) is 23.5 Å². The Kier molecular flexibility index (Phi) is 10.6. The van der Waals surface area contributed by atoms with Gasteiger partial charge in [-0.15, -0.1) is 0 Å². The van der Waals surface area contributed by atoms with Crippen molar-refractivity contribution in [2.75, 3.05) is 82.1 Å². The first-order chi connectivity index (χ1) is 20.6. The highest BCUT2D eigenvalue weighted by molar-refractivity contribution is 5.92. The molecule has 0 radical (unpaired) electrons. The van der Waals surface area contributed by atoms with Crippen LogP contribution >= 0.6 is 0 Å². The van der Waals surface area contributed by atoms with Gasteiger partial charge in [0.1, 0.15) is 5.82 Å². The van der Waals surface area contributed by atoms with E-state index in [1.165, 1.54) is 37.2 Å². The molecule has 0 aliphatic carbocycles. The Hall–Kier alpha value is -3.30. The monoisotopic (exact) mass is 575 g/mol. The highest BCUT2D eigenvalue weighted by atomic mass is 16.5. The van der Waals surface area contributed by atoms with Gasteiger partial charge in [-0.05, 0) is 69.4 Å². The van der Waals surface area contributed by atoms with Crippen molar-refractivity contribution in [2.24, 2.45) is 0 Å². The third-order valence-corrected chi connectivity index (χ3v) is 8.79. The van der Waals surface area contributed by atoms with Crippen molar-refractivity contribution >= 4 is 28.4 Å². The quantitative estimate of drug-likeness (QED) is 0.243. The number of likely N-dealkylation sites (tertiary alicyclic amines) is 1. The van der Waals surface area contributed by atoms with Crippen LogP contribution in [0.2, 0.25) is 0 Å². The fraction of sp³-hybridized carbons (Fsp3) is 0.576. The van der Waals surface area contributed by atoms with Crippen LogP contribution < -0.4 is 25.0 Å². The number of aromatic nitrogens is 2. The summed E-state index contributed by atoms with van der Waals surface area (Å²) in [6.07, 6.45) is 5.77. The van der Waals surface area contributed by atoms with Gasteiger partial charge in [0.15, 0.2) is 11.5 Å². The Labute approximate surface area is 251 Å². The van der Waals surface area contributed by atoms with Crippen molar-refractivity contribution in [3.8, 4) is 11.5 Å². The van der Waals surface area contributed by atoms with Gasteiger partial charge in [0.2, 0.25) is 5.95 Å². The van der Waals surface area contributed by atoms with Gasteiger partial charge in [-0.1, -0.05) is 32.0 Å². The molecule has 2 N–H and O–H groups in total. The van der Waals surface area contributed by atoms with Crippen LogP contribution in [0.25, 0.3) is 10.9 Å². The van der Waals surface area contributed by atoms with E-state index in [9.17, 15) is 0 Å². The molecule has 3 aromatic rings. The summed E-state index contributed by atoms with van der Waals surface area (Å²) >= 11 is 0. The molecule has 0 bridgehead atoms. The number of benzene rings is 2. The first-order valence-corrected chi connectivity index (χ1v) is 15.8. The highest BCUT2D eigenvalue weighted by Crippen LogP contribution is 2.35. The van der Waals surface area contributed by atoms with Crippen molar-refractivity contribution < 1.29 is 9.47 Å². The molecule has 228 valence electrons. The van der Waals surface area contributed by atoms with E-state index in [1.807, 2.05) is 12.1 Å². The molecule has 1 aromatic heterocycles. The van der Waals surface area contributed by atoms with E-state index in [1.54, 1.807) is 14.2 Å². The van der Waals surface area contributed by atoms with Gasteiger partial charge in [-0.25, -0.2) is 4.98 Å². The summed E-state index contributed by atoms with van der Waals surface area (Å²) in [5.41, 5.74) is 3.71. The molecule has 9 nitrogen and oxygen atoms in total. The molecule has 42 heavy (non-hydrogen) atoms. The SMILES string of the molecule is CCN(CC)CCCNc1nc(NC2CCN(Cc3ccccc3N3CCCC3)CC2)c2cc(OC)c(OC)cc2n1. The number of piperidine rings is 1. The summed E-state index contributed by atoms with van der Waals surface area (Å²) in [5, 5.41) is 8.21. The molecule has 0 amide bonds. The number of ether oxygens (including phenoxy) is 2. The molecule has 9 heteroatoms. The van der Waals surface area contributed by atoms with Gasteiger partial charge in [-0.3, -0.25) is 4.90 Å². The Morgan fingerprint density at radius 3 is 2.36 bits per heavy atom. The fourth-order valence-electron chi connectivity index (χ4n) is 6.27. The number of para-hydroxylation sites is 1. The van der Waals surface area contributed by atoms with E-state index in [-0.39, 0.29) is 0 Å². The Morgan fingerprint density at radius 1 is 0.929 bits per heavy atom. The minimum absolute atomic E-state index is 0.344. The van der Waals surface area contributed by atoms with E-state index >= 15 is 0 Å². The minimum Gasteiger partial charge on any atom is -0.493 e. The summed E-state index contributed by atoms with van der Waals surface area (Å²) in [6, 6.07) is 13.3. The zero-order valence-corrected chi connectivity index (χ0v) is 26.0. The summed E-state index contributed by atoms with van der Waals surface area (Å²) in [6.45, 7) is 13.9. The van der Waals surface area contributed by atoms with Crippen molar-refractivity contribution in [1.29, 1.82) is 0 Å². The van der Waals surface area contributed by atoms with Crippen LogP contribution in [0, 0.1) is 0 Å². The summed E-state index contributed by atoms with van der Waals surface area (Å²) in [5.74, 6) is 2.85. The number of hydrogen-bond donors (Lipinski definition) is 2. The van der Waals surface area contributed by atoms with Crippen molar-refractivity contribution in [3.05, 3.63) is 42.0 Å². The first-order valence-electron chi connectivity index (χ1n) is 15.8. The van der Waals surface area contributed by atoms with Crippen molar-refractivity contribution in [2.45, 2.75) is 58.5 Å². The maximum absolute atomic E-state index is 5.62.